The Bertz CT molecular complexity index is 491. The molecule has 1 atom stereocenters. The fourth-order valence-corrected chi connectivity index (χ4v) is 2.96. The summed E-state index contributed by atoms with van der Waals surface area (Å²) in [6.45, 7) is 2.04. The van der Waals surface area contributed by atoms with Crippen LogP contribution in [0, 0.1) is 0 Å². The Labute approximate surface area is 114 Å². The molecule has 1 fully saturated rings. The van der Waals surface area contributed by atoms with E-state index in [0.29, 0.717) is 10.9 Å². The molecule has 1 heterocycles. The first kappa shape index (κ1) is 14.3. The van der Waals surface area contributed by atoms with Gasteiger partial charge in [0, 0.05) is 18.3 Å². The minimum absolute atomic E-state index is 0.291. The van der Waals surface area contributed by atoms with Gasteiger partial charge < -0.3 is 10.6 Å². The summed E-state index contributed by atoms with van der Waals surface area (Å²) in [6, 6.07) is 7.29. The fraction of sp³-hybridized carbons (Fsp3) is 0.538. The minimum atomic E-state index is -3.34. The molecule has 0 amide bonds. The van der Waals surface area contributed by atoms with Crippen LogP contribution in [-0.4, -0.2) is 34.6 Å². The number of hydrogen-bond donors (Lipinski definition) is 3. The van der Waals surface area contributed by atoms with Gasteiger partial charge in [0.05, 0.1) is 4.90 Å². The summed E-state index contributed by atoms with van der Waals surface area (Å²) in [6.07, 6.45) is 3.58. The largest absolute Gasteiger partial charge is 0.381 e. The standard InChI is InChI=1S/C13H21N3O2S/c1-14-19(17,18)13-7-5-11(6-8-13)16-12-4-2-3-9-15-10-12/h5-8,12,14-16H,2-4,9-10H2,1H3. The van der Waals surface area contributed by atoms with Crippen molar-refractivity contribution in [3.05, 3.63) is 24.3 Å². The van der Waals surface area contributed by atoms with Crippen LogP contribution in [0.1, 0.15) is 19.3 Å². The van der Waals surface area contributed by atoms with Crippen molar-refractivity contribution in [1.82, 2.24) is 10.0 Å². The molecule has 1 aliphatic heterocycles. The Morgan fingerprint density at radius 3 is 2.63 bits per heavy atom. The van der Waals surface area contributed by atoms with Gasteiger partial charge in [0.2, 0.25) is 10.0 Å². The first-order valence-electron chi connectivity index (χ1n) is 6.63. The van der Waals surface area contributed by atoms with E-state index in [9.17, 15) is 8.42 Å². The summed E-state index contributed by atoms with van der Waals surface area (Å²) in [4.78, 5) is 0.291. The average molecular weight is 283 g/mol. The molecule has 106 valence electrons. The smallest absolute Gasteiger partial charge is 0.240 e. The molecule has 1 aliphatic rings. The molecule has 3 N–H and O–H groups in total. The van der Waals surface area contributed by atoms with Crippen molar-refractivity contribution in [1.29, 1.82) is 0 Å². The third-order valence-electron chi connectivity index (χ3n) is 3.35. The van der Waals surface area contributed by atoms with Crippen LogP contribution >= 0.6 is 0 Å². The van der Waals surface area contributed by atoms with Crippen LogP contribution in [0.4, 0.5) is 5.69 Å². The third-order valence-corrected chi connectivity index (χ3v) is 4.78. The summed E-state index contributed by atoms with van der Waals surface area (Å²) in [7, 11) is -1.93. The average Bonchev–Trinajstić information content (AvgIpc) is 2.68. The molecular formula is C13H21N3O2S. The second kappa shape index (κ2) is 6.36. The van der Waals surface area contributed by atoms with Gasteiger partial charge in [0.15, 0.2) is 0 Å². The number of sulfonamides is 1. The molecular weight excluding hydrogens is 262 g/mol. The SMILES string of the molecule is CNS(=O)(=O)c1ccc(NC2CCCCNC2)cc1. The molecule has 6 heteroatoms. The van der Waals surface area contributed by atoms with Gasteiger partial charge in [0.25, 0.3) is 0 Å². The summed E-state index contributed by atoms with van der Waals surface area (Å²) >= 11 is 0. The Kier molecular flexibility index (Phi) is 4.79. The van der Waals surface area contributed by atoms with E-state index < -0.39 is 10.0 Å². The highest BCUT2D eigenvalue weighted by atomic mass is 32.2. The van der Waals surface area contributed by atoms with E-state index in [1.165, 1.54) is 19.9 Å². The number of benzene rings is 1. The molecule has 2 rings (SSSR count). The lowest BCUT2D eigenvalue weighted by atomic mass is 10.1. The molecule has 19 heavy (non-hydrogen) atoms. The summed E-state index contributed by atoms with van der Waals surface area (Å²) in [5.41, 5.74) is 0.962. The van der Waals surface area contributed by atoms with Crippen LogP contribution in [0.25, 0.3) is 0 Å². The maximum absolute atomic E-state index is 11.6. The van der Waals surface area contributed by atoms with E-state index in [4.69, 9.17) is 0 Å². The highest BCUT2D eigenvalue weighted by molar-refractivity contribution is 7.89. The van der Waals surface area contributed by atoms with Crippen LogP contribution < -0.4 is 15.4 Å². The van der Waals surface area contributed by atoms with Crippen molar-refractivity contribution in [2.45, 2.75) is 30.2 Å². The van der Waals surface area contributed by atoms with E-state index in [2.05, 4.69) is 15.4 Å². The van der Waals surface area contributed by atoms with Gasteiger partial charge in [-0.2, -0.15) is 0 Å². The van der Waals surface area contributed by atoms with Crippen LogP contribution in [0.2, 0.25) is 0 Å². The molecule has 1 aromatic carbocycles. The van der Waals surface area contributed by atoms with E-state index in [1.807, 2.05) is 12.1 Å². The van der Waals surface area contributed by atoms with Crippen molar-refractivity contribution < 1.29 is 8.42 Å². The third kappa shape index (κ3) is 3.92. The Morgan fingerprint density at radius 1 is 1.21 bits per heavy atom. The number of anilines is 1. The molecule has 0 radical (unpaired) electrons. The Hall–Kier alpha value is -1.11. The van der Waals surface area contributed by atoms with Gasteiger partial charge in [-0.05, 0) is 50.7 Å². The summed E-state index contributed by atoms with van der Waals surface area (Å²) in [5.74, 6) is 0. The lowest BCUT2D eigenvalue weighted by molar-refractivity contribution is 0.588. The van der Waals surface area contributed by atoms with Crippen molar-refractivity contribution in [3.63, 3.8) is 0 Å². The minimum Gasteiger partial charge on any atom is -0.381 e. The van der Waals surface area contributed by atoms with Crippen LogP contribution in [0.3, 0.4) is 0 Å². The van der Waals surface area contributed by atoms with Crippen LogP contribution in [0.15, 0.2) is 29.2 Å². The van der Waals surface area contributed by atoms with Crippen molar-refractivity contribution in [2.75, 3.05) is 25.5 Å². The van der Waals surface area contributed by atoms with Gasteiger partial charge in [0.1, 0.15) is 0 Å². The summed E-state index contributed by atoms with van der Waals surface area (Å²) < 4.78 is 25.5. The van der Waals surface area contributed by atoms with Crippen molar-refractivity contribution >= 4 is 15.7 Å². The van der Waals surface area contributed by atoms with E-state index in [1.54, 1.807) is 12.1 Å². The lowest BCUT2D eigenvalue weighted by Gasteiger charge is -2.18. The molecule has 0 aromatic heterocycles. The number of rotatable bonds is 4. The second-order valence-corrected chi connectivity index (χ2v) is 6.66. The number of nitrogens with one attached hydrogen (secondary N) is 3. The van der Waals surface area contributed by atoms with E-state index in [-0.39, 0.29) is 0 Å². The first-order chi connectivity index (χ1) is 9.12. The fourth-order valence-electron chi connectivity index (χ4n) is 2.23. The predicted octanol–water partition coefficient (Wildman–Crippen LogP) is 1.15. The van der Waals surface area contributed by atoms with Crippen LogP contribution in [-0.2, 0) is 10.0 Å². The molecule has 1 saturated heterocycles. The zero-order valence-corrected chi connectivity index (χ0v) is 12.0. The number of hydrogen-bond acceptors (Lipinski definition) is 4. The molecule has 1 unspecified atom stereocenters. The van der Waals surface area contributed by atoms with Gasteiger partial charge >= 0.3 is 0 Å². The lowest BCUT2D eigenvalue weighted by Crippen LogP contribution is -2.30. The molecule has 0 spiro atoms. The van der Waals surface area contributed by atoms with Crippen molar-refractivity contribution in [2.24, 2.45) is 0 Å². The maximum Gasteiger partial charge on any atom is 0.240 e. The molecule has 1 aromatic rings. The molecule has 5 nitrogen and oxygen atoms in total. The van der Waals surface area contributed by atoms with E-state index >= 15 is 0 Å². The van der Waals surface area contributed by atoms with Gasteiger partial charge in [-0.25, -0.2) is 13.1 Å². The monoisotopic (exact) mass is 283 g/mol. The normalized spacial score (nSPS) is 20.8. The zero-order chi connectivity index (χ0) is 13.7. The van der Waals surface area contributed by atoms with Crippen LogP contribution in [0.5, 0.6) is 0 Å². The zero-order valence-electron chi connectivity index (χ0n) is 11.1. The highest BCUT2D eigenvalue weighted by Crippen LogP contribution is 2.16. The topological polar surface area (TPSA) is 70.2 Å². The van der Waals surface area contributed by atoms with Crippen molar-refractivity contribution in [3.8, 4) is 0 Å². The highest BCUT2D eigenvalue weighted by Gasteiger charge is 2.13. The predicted molar refractivity (Wildman–Crippen MR) is 76.8 cm³/mol. The van der Waals surface area contributed by atoms with Gasteiger partial charge in [-0.1, -0.05) is 6.42 Å². The molecule has 0 saturated carbocycles. The molecule has 0 bridgehead atoms. The van der Waals surface area contributed by atoms with E-state index in [0.717, 1.165) is 25.2 Å². The Balaban J connectivity index is 2.02. The summed E-state index contributed by atoms with van der Waals surface area (Å²) in [5, 5.41) is 6.83. The second-order valence-electron chi connectivity index (χ2n) is 4.77. The maximum atomic E-state index is 11.6. The quantitative estimate of drug-likeness (QED) is 0.775. The first-order valence-corrected chi connectivity index (χ1v) is 8.11. The van der Waals surface area contributed by atoms with Gasteiger partial charge in [-0.15, -0.1) is 0 Å². The Morgan fingerprint density at radius 2 is 1.95 bits per heavy atom. The molecule has 0 aliphatic carbocycles. The van der Waals surface area contributed by atoms with Gasteiger partial charge in [-0.3, -0.25) is 0 Å².